The van der Waals surface area contributed by atoms with Gasteiger partial charge in [0.15, 0.2) is 17.0 Å². The summed E-state index contributed by atoms with van der Waals surface area (Å²) in [7, 11) is 0. The quantitative estimate of drug-likeness (QED) is 0.723. The molecule has 0 aliphatic heterocycles. The third-order valence-corrected chi connectivity index (χ3v) is 5.09. The maximum Gasteiger partial charge on any atom is 0.199 e. The van der Waals surface area contributed by atoms with Crippen LogP contribution in [0.3, 0.4) is 0 Å². The molecule has 1 N–H and O–H groups in total. The minimum atomic E-state index is -0.0985. The van der Waals surface area contributed by atoms with Crippen molar-refractivity contribution in [3.05, 3.63) is 56.4 Å². The number of nitrogens with one attached hydrogen (secondary N) is 1. The molecule has 24 heavy (non-hydrogen) atoms. The van der Waals surface area contributed by atoms with Gasteiger partial charge < -0.3 is 9.55 Å². The number of ketones is 2. The van der Waals surface area contributed by atoms with Crippen molar-refractivity contribution in [2.75, 3.05) is 0 Å². The lowest BCUT2D eigenvalue weighted by Crippen LogP contribution is -2.15. The average Bonchev–Trinajstić information content (AvgIpc) is 3.14. The number of aromatic nitrogens is 2. The van der Waals surface area contributed by atoms with Crippen LogP contribution < -0.4 is 5.43 Å². The minimum absolute atomic E-state index is 0.0347. The summed E-state index contributed by atoms with van der Waals surface area (Å²) < 4.78 is 2.42. The second kappa shape index (κ2) is 6.20. The highest BCUT2D eigenvalue weighted by atomic mass is 32.1. The van der Waals surface area contributed by atoms with Gasteiger partial charge in [0.25, 0.3) is 0 Å². The number of aryl methyl sites for hydroxylation is 1. The molecule has 0 spiro atoms. The van der Waals surface area contributed by atoms with E-state index in [4.69, 9.17) is 0 Å². The summed E-state index contributed by atoms with van der Waals surface area (Å²) >= 11 is 1.37. The minimum Gasteiger partial charge on any atom is -0.355 e. The van der Waals surface area contributed by atoms with E-state index < -0.39 is 0 Å². The fourth-order valence-electron chi connectivity index (χ4n) is 3.14. The standard InChI is InChI=1S/C18H18N2O3S/c1-4-12-16(11(3)21)10(2)19-17(12)15(23)9-20-7-5-14(22)18-13(20)6-8-24-18/h5-8,19H,4,9H2,1-3H3. The van der Waals surface area contributed by atoms with Crippen LogP contribution in [0.5, 0.6) is 0 Å². The van der Waals surface area contributed by atoms with Gasteiger partial charge in [-0.25, -0.2) is 0 Å². The fraction of sp³-hybridized carbons (Fsp3) is 0.278. The molecule has 0 radical (unpaired) electrons. The highest BCUT2D eigenvalue weighted by Crippen LogP contribution is 2.22. The van der Waals surface area contributed by atoms with E-state index in [1.165, 1.54) is 24.3 Å². The predicted octanol–water partition coefficient (Wildman–Crippen LogP) is 3.35. The summed E-state index contributed by atoms with van der Waals surface area (Å²) in [5.74, 6) is -0.137. The number of aromatic amines is 1. The number of pyridine rings is 1. The molecule has 0 saturated carbocycles. The lowest BCUT2D eigenvalue weighted by atomic mass is 10.0. The van der Waals surface area contributed by atoms with Gasteiger partial charge in [-0.15, -0.1) is 11.3 Å². The van der Waals surface area contributed by atoms with Gasteiger partial charge in [0.05, 0.1) is 22.5 Å². The smallest absolute Gasteiger partial charge is 0.199 e. The highest BCUT2D eigenvalue weighted by molar-refractivity contribution is 7.17. The van der Waals surface area contributed by atoms with Gasteiger partial charge in [0, 0.05) is 23.5 Å². The Morgan fingerprint density at radius 1 is 1.29 bits per heavy atom. The van der Waals surface area contributed by atoms with Crippen molar-refractivity contribution >= 4 is 33.1 Å². The van der Waals surface area contributed by atoms with Crippen LogP contribution in [0.25, 0.3) is 10.2 Å². The highest BCUT2D eigenvalue weighted by Gasteiger charge is 2.22. The molecular formula is C18H18N2O3S. The number of nitrogens with zero attached hydrogens (tertiary/aromatic N) is 1. The van der Waals surface area contributed by atoms with E-state index >= 15 is 0 Å². The zero-order valence-electron chi connectivity index (χ0n) is 13.8. The molecule has 0 aromatic carbocycles. The summed E-state index contributed by atoms with van der Waals surface area (Å²) in [6.45, 7) is 5.38. The van der Waals surface area contributed by atoms with Crippen molar-refractivity contribution in [1.82, 2.24) is 9.55 Å². The third-order valence-electron chi connectivity index (χ3n) is 4.17. The third kappa shape index (κ3) is 2.63. The first-order valence-corrected chi connectivity index (χ1v) is 8.64. The van der Waals surface area contributed by atoms with Crippen LogP contribution in [0.1, 0.15) is 46.0 Å². The first-order valence-electron chi connectivity index (χ1n) is 7.76. The van der Waals surface area contributed by atoms with E-state index in [1.807, 2.05) is 25.3 Å². The van der Waals surface area contributed by atoms with Crippen LogP contribution in [0.4, 0.5) is 0 Å². The number of hydrogen-bond donors (Lipinski definition) is 1. The van der Waals surface area contributed by atoms with Crippen LogP contribution in [-0.2, 0) is 13.0 Å². The number of fused-ring (bicyclic) bond motifs is 1. The van der Waals surface area contributed by atoms with Crippen LogP contribution >= 0.6 is 11.3 Å². The van der Waals surface area contributed by atoms with Crippen molar-refractivity contribution in [1.29, 1.82) is 0 Å². The van der Waals surface area contributed by atoms with Crippen LogP contribution in [-0.4, -0.2) is 21.1 Å². The summed E-state index contributed by atoms with van der Waals surface area (Å²) in [5, 5.41) is 1.84. The molecule has 3 rings (SSSR count). The van der Waals surface area contributed by atoms with E-state index in [2.05, 4.69) is 4.98 Å². The Morgan fingerprint density at radius 2 is 2.04 bits per heavy atom. The molecule has 124 valence electrons. The molecular weight excluding hydrogens is 324 g/mol. The monoisotopic (exact) mass is 342 g/mol. The zero-order valence-corrected chi connectivity index (χ0v) is 14.6. The Hall–Kier alpha value is -2.47. The van der Waals surface area contributed by atoms with Crippen molar-refractivity contribution in [2.45, 2.75) is 33.7 Å². The summed E-state index contributed by atoms with van der Waals surface area (Å²) in [5.41, 5.74) is 3.32. The summed E-state index contributed by atoms with van der Waals surface area (Å²) in [4.78, 5) is 39.6. The zero-order chi connectivity index (χ0) is 17.4. The normalized spacial score (nSPS) is 11.1. The largest absolute Gasteiger partial charge is 0.355 e. The Labute approximate surface area is 142 Å². The van der Waals surface area contributed by atoms with Gasteiger partial charge in [-0.3, -0.25) is 14.4 Å². The molecule has 0 saturated heterocycles. The average molecular weight is 342 g/mol. The van der Waals surface area contributed by atoms with Crippen LogP contribution in [0, 0.1) is 6.92 Å². The number of H-pyrrole nitrogens is 1. The van der Waals surface area contributed by atoms with E-state index in [0.717, 1.165) is 16.8 Å². The summed E-state index contributed by atoms with van der Waals surface area (Å²) in [6.07, 6.45) is 2.25. The van der Waals surface area contributed by atoms with Gasteiger partial charge in [-0.05, 0) is 37.3 Å². The Kier molecular flexibility index (Phi) is 4.24. The van der Waals surface area contributed by atoms with Gasteiger partial charge >= 0.3 is 0 Å². The lowest BCUT2D eigenvalue weighted by Gasteiger charge is -2.08. The van der Waals surface area contributed by atoms with Crippen LogP contribution in [0.2, 0.25) is 0 Å². The first kappa shape index (κ1) is 16.4. The number of hydrogen-bond acceptors (Lipinski definition) is 4. The number of carbonyl (C=O) groups is 2. The van der Waals surface area contributed by atoms with Crippen molar-refractivity contribution in [3.63, 3.8) is 0 Å². The number of carbonyl (C=O) groups excluding carboxylic acids is 2. The molecule has 5 nitrogen and oxygen atoms in total. The summed E-state index contributed by atoms with van der Waals surface area (Å²) in [6, 6.07) is 3.32. The predicted molar refractivity (Wildman–Crippen MR) is 95.3 cm³/mol. The topological polar surface area (TPSA) is 71.9 Å². The molecule has 0 aliphatic rings. The van der Waals surface area contributed by atoms with E-state index in [9.17, 15) is 14.4 Å². The molecule has 0 aliphatic carbocycles. The van der Waals surface area contributed by atoms with Gasteiger partial charge in [-0.2, -0.15) is 0 Å². The maximum atomic E-state index is 12.8. The van der Waals surface area contributed by atoms with Crippen LogP contribution in [0.15, 0.2) is 28.5 Å². The molecule has 3 heterocycles. The molecule has 0 amide bonds. The molecule has 3 aromatic heterocycles. The van der Waals surface area contributed by atoms with E-state index in [1.54, 1.807) is 10.8 Å². The second-order valence-corrected chi connectivity index (χ2v) is 6.67. The Morgan fingerprint density at radius 3 is 2.71 bits per heavy atom. The Balaban J connectivity index is 2.03. The van der Waals surface area contributed by atoms with Gasteiger partial charge in [-0.1, -0.05) is 6.92 Å². The number of thiophene rings is 1. The molecule has 6 heteroatoms. The lowest BCUT2D eigenvalue weighted by molar-refractivity contribution is 0.0968. The molecule has 0 bridgehead atoms. The van der Waals surface area contributed by atoms with Crippen molar-refractivity contribution in [2.24, 2.45) is 0 Å². The first-order chi connectivity index (χ1) is 11.4. The van der Waals surface area contributed by atoms with E-state index in [0.29, 0.717) is 22.4 Å². The Bertz CT molecular complexity index is 1010. The molecule has 0 fully saturated rings. The molecule has 3 aromatic rings. The van der Waals surface area contributed by atoms with E-state index in [-0.39, 0.29) is 23.5 Å². The fourth-order valence-corrected chi connectivity index (χ4v) is 3.97. The SMILES string of the molecule is CCc1c(C(=O)Cn2ccc(=O)c3sccc32)[nH]c(C)c1C(C)=O. The molecule has 0 atom stereocenters. The maximum absolute atomic E-state index is 12.8. The molecule has 0 unspecified atom stereocenters. The number of Topliss-reactive ketones (excluding diaryl/α,β-unsaturated/α-hetero) is 2. The second-order valence-electron chi connectivity index (χ2n) is 5.75. The van der Waals surface area contributed by atoms with Gasteiger partial charge in [0.2, 0.25) is 0 Å². The number of rotatable bonds is 5. The van der Waals surface area contributed by atoms with Gasteiger partial charge in [0.1, 0.15) is 0 Å². The van der Waals surface area contributed by atoms with Crippen molar-refractivity contribution in [3.8, 4) is 0 Å². The van der Waals surface area contributed by atoms with Crippen molar-refractivity contribution < 1.29 is 9.59 Å².